The van der Waals surface area contributed by atoms with Crippen molar-refractivity contribution in [3.8, 4) is 11.5 Å². The van der Waals surface area contributed by atoms with E-state index in [2.05, 4.69) is 4.99 Å². The van der Waals surface area contributed by atoms with Crippen LogP contribution in [0.2, 0.25) is 15.1 Å². The van der Waals surface area contributed by atoms with Gasteiger partial charge in [-0.15, -0.1) is 0 Å². The molecule has 0 aliphatic rings. The molecule has 23 heavy (non-hydrogen) atoms. The molecule has 2 rings (SSSR count). The highest BCUT2D eigenvalue weighted by Gasteiger charge is 2.13. The number of methoxy groups -OCH3 is 2. The molecule has 0 fully saturated rings. The van der Waals surface area contributed by atoms with Gasteiger partial charge in [-0.05, 0) is 42.3 Å². The highest BCUT2D eigenvalue weighted by Crippen LogP contribution is 2.36. The minimum absolute atomic E-state index is 0.162. The quantitative estimate of drug-likeness (QED) is 0.487. The van der Waals surface area contributed by atoms with Crippen LogP contribution in [-0.4, -0.2) is 20.4 Å². The maximum Gasteiger partial charge on any atom is 0.161 e. The zero-order chi connectivity index (χ0) is 17.0. The van der Waals surface area contributed by atoms with Crippen molar-refractivity contribution in [2.75, 3.05) is 14.2 Å². The number of hydrogen-bond acceptors (Lipinski definition) is 3. The van der Waals surface area contributed by atoms with Crippen molar-refractivity contribution >= 4 is 41.0 Å². The largest absolute Gasteiger partial charge is 0.493 e. The fourth-order valence-corrected chi connectivity index (χ4v) is 2.78. The van der Waals surface area contributed by atoms with E-state index in [1.54, 1.807) is 26.5 Å². The number of halogens is 3. The lowest BCUT2D eigenvalue weighted by atomic mass is 10.1. The van der Waals surface area contributed by atoms with Gasteiger partial charge in [0, 0.05) is 6.21 Å². The third kappa shape index (κ3) is 4.11. The molecule has 0 N–H and O–H groups in total. The zero-order valence-corrected chi connectivity index (χ0v) is 15.2. The summed E-state index contributed by atoms with van der Waals surface area (Å²) < 4.78 is 10.5. The van der Waals surface area contributed by atoms with Crippen LogP contribution in [0.5, 0.6) is 11.5 Å². The van der Waals surface area contributed by atoms with Crippen LogP contribution < -0.4 is 9.47 Å². The minimum atomic E-state index is -0.162. The molecule has 122 valence electrons. The molecule has 0 saturated heterocycles. The number of ether oxygens (including phenoxy) is 2. The van der Waals surface area contributed by atoms with Gasteiger partial charge in [0.05, 0.1) is 35.3 Å². The number of aliphatic imine (C=N–C) groups is 1. The Morgan fingerprint density at radius 3 is 2.30 bits per heavy atom. The van der Waals surface area contributed by atoms with Crippen molar-refractivity contribution in [3.05, 3.63) is 56.5 Å². The van der Waals surface area contributed by atoms with Crippen LogP contribution in [0.1, 0.15) is 24.1 Å². The summed E-state index contributed by atoms with van der Waals surface area (Å²) in [6.45, 7) is 1.93. The SMILES string of the molecule is COc1ccc(C=NC(C)c2ccc(Cl)c(Cl)c2Cl)cc1OC. The Bertz CT molecular complexity index is 732. The average Bonchev–Trinajstić information content (AvgIpc) is 2.57. The molecule has 1 unspecified atom stereocenters. The second-order valence-electron chi connectivity index (χ2n) is 4.83. The lowest BCUT2D eigenvalue weighted by molar-refractivity contribution is 0.355. The minimum Gasteiger partial charge on any atom is -0.493 e. The maximum atomic E-state index is 6.24. The van der Waals surface area contributed by atoms with Crippen LogP contribution in [0, 0.1) is 0 Å². The van der Waals surface area contributed by atoms with E-state index in [4.69, 9.17) is 44.3 Å². The molecule has 0 amide bonds. The third-order valence-corrected chi connectivity index (χ3v) is 4.68. The van der Waals surface area contributed by atoms with E-state index < -0.39 is 0 Å². The van der Waals surface area contributed by atoms with Crippen molar-refractivity contribution in [2.24, 2.45) is 4.99 Å². The Morgan fingerprint density at radius 2 is 1.65 bits per heavy atom. The number of nitrogens with zero attached hydrogens (tertiary/aromatic N) is 1. The molecule has 0 aliphatic carbocycles. The summed E-state index contributed by atoms with van der Waals surface area (Å²) in [5, 5.41) is 1.20. The summed E-state index contributed by atoms with van der Waals surface area (Å²) in [5.41, 5.74) is 1.71. The topological polar surface area (TPSA) is 30.8 Å². The molecule has 0 aliphatic heterocycles. The van der Waals surface area contributed by atoms with E-state index in [0.29, 0.717) is 26.6 Å². The lowest BCUT2D eigenvalue weighted by Gasteiger charge is -2.11. The van der Waals surface area contributed by atoms with Gasteiger partial charge < -0.3 is 9.47 Å². The summed E-state index contributed by atoms with van der Waals surface area (Å²) in [4.78, 5) is 4.52. The monoisotopic (exact) mass is 371 g/mol. The summed E-state index contributed by atoms with van der Waals surface area (Å²) in [6, 6.07) is 8.96. The number of rotatable bonds is 5. The molecule has 2 aromatic rings. The molecule has 0 spiro atoms. The Balaban J connectivity index is 2.25. The maximum absolute atomic E-state index is 6.24. The fraction of sp³-hybridized carbons (Fsp3) is 0.235. The van der Waals surface area contributed by atoms with E-state index >= 15 is 0 Å². The van der Waals surface area contributed by atoms with Crippen LogP contribution in [0.15, 0.2) is 35.3 Å². The predicted molar refractivity (Wildman–Crippen MR) is 97.0 cm³/mol. The lowest BCUT2D eigenvalue weighted by Crippen LogP contribution is -1.95. The zero-order valence-electron chi connectivity index (χ0n) is 12.9. The van der Waals surface area contributed by atoms with E-state index in [1.807, 2.05) is 31.2 Å². The van der Waals surface area contributed by atoms with Gasteiger partial charge in [-0.3, -0.25) is 4.99 Å². The van der Waals surface area contributed by atoms with Crippen LogP contribution >= 0.6 is 34.8 Å². The number of hydrogen-bond donors (Lipinski definition) is 0. The van der Waals surface area contributed by atoms with Gasteiger partial charge in [0.25, 0.3) is 0 Å². The molecule has 3 nitrogen and oxygen atoms in total. The highest BCUT2D eigenvalue weighted by molar-refractivity contribution is 6.48. The molecule has 0 heterocycles. The first-order valence-electron chi connectivity index (χ1n) is 6.86. The van der Waals surface area contributed by atoms with Crippen molar-refractivity contribution in [3.63, 3.8) is 0 Å². The van der Waals surface area contributed by atoms with Crippen molar-refractivity contribution < 1.29 is 9.47 Å². The van der Waals surface area contributed by atoms with Gasteiger partial charge in [0.2, 0.25) is 0 Å². The highest BCUT2D eigenvalue weighted by atomic mass is 35.5. The van der Waals surface area contributed by atoms with Gasteiger partial charge >= 0.3 is 0 Å². The second kappa shape index (κ2) is 7.91. The van der Waals surface area contributed by atoms with E-state index in [0.717, 1.165) is 11.1 Å². The summed E-state index contributed by atoms with van der Waals surface area (Å²) in [7, 11) is 3.19. The molecule has 0 bridgehead atoms. The Kier molecular flexibility index (Phi) is 6.17. The van der Waals surface area contributed by atoms with Crippen molar-refractivity contribution in [1.82, 2.24) is 0 Å². The predicted octanol–water partition coefficient (Wildman–Crippen LogP) is 5.84. The van der Waals surface area contributed by atoms with Gasteiger partial charge in [-0.1, -0.05) is 40.9 Å². The molecule has 1 atom stereocenters. The second-order valence-corrected chi connectivity index (χ2v) is 6.00. The molecule has 0 saturated carbocycles. The molecule has 2 aromatic carbocycles. The first-order chi connectivity index (χ1) is 11.0. The van der Waals surface area contributed by atoms with Gasteiger partial charge in [-0.2, -0.15) is 0 Å². The summed E-state index contributed by atoms with van der Waals surface area (Å²) in [6.07, 6.45) is 1.76. The normalized spacial score (nSPS) is 12.4. The molecular formula is C17H16Cl3NO2. The van der Waals surface area contributed by atoms with E-state index in [1.165, 1.54) is 0 Å². The molecule has 0 aromatic heterocycles. The van der Waals surface area contributed by atoms with Crippen LogP contribution in [0.25, 0.3) is 0 Å². The molecular weight excluding hydrogens is 357 g/mol. The van der Waals surface area contributed by atoms with Crippen molar-refractivity contribution in [1.29, 1.82) is 0 Å². The van der Waals surface area contributed by atoms with E-state index in [9.17, 15) is 0 Å². The molecule has 6 heteroatoms. The van der Waals surface area contributed by atoms with Crippen molar-refractivity contribution in [2.45, 2.75) is 13.0 Å². The van der Waals surface area contributed by atoms with Crippen LogP contribution in [0.3, 0.4) is 0 Å². The Morgan fingerprint density at radius 1 is 0.957 bits per heavy atom. The van der Waals surface area contributed by atoms with Gasteiger partial charge in [0.15, 0.2) is 11.5 Å². The standard InChI is InChI=1S/C17H16Cl3NO2/c1-10(12-5-6-13(18)17(20)16(12)19)21-9-11-4-7-14(22-2)15(8-11)23-3/h4-10H,1-3H3. The Hall–Kier alpha value is -1.42. The van der Waals surface area contributed by atoms with Gasteiger partial charge in [0.1, 0.15) is 0 Å². The summed E-state index contributed by atoms with van der Waals surface area (Å²) in [5.74, 6) is 1.32. The first kappa shape index (κ1) is 17.9. The third-order valence-electron chi connectivity index (χ3n) is 3.37. The van der Waals surface area contributed by atoms with E-state index in [-0.39, 0.29) is 6.04 Å². The summed E-state index contributed by atoms with van der Waals surface area (Å²) >= 11 is 18.3. The average molecular weight is 373 g/mol. The number of benzene rings is 2. The smallest absolute Gasteiger partial charge is 0.161 e. The van der Waals surface area contributed by atoms with Gasteiger partial charge in [-0.25, -0.2) is 0 Å². The fourth-order valence-electron chi connectivity index (χ4n) is 2.07. The van der Waals surface area contributed by atoms with Crippen LogP contribution in [0.4, 0.5) is 0 Å². The first-order valence-corrected chi connectivity index (χ1v) is 8.00. The molecule has 0 radical (unpaired) electrons. The Labute approximate surface area is 150 Å². The van der Waals surface area contributed by atoms with Crippen LogP contribution in [-0.2, 0) is 0 Å².